The molecule has 2 N–H and O–H groups in total. The van der Waals surface area contributed by atoms with Gasteiger partial charge in [-0.2, -0.15) is 0 Å². The number of carbonyl (C=O) groups is 1. The monoisotopic (exact) mass is 375 g/mol. The molecular weight excluding hydrogens is 346 g/mol. The summed E-state index contributed by atoms with van der Waals surface area (Å²) >= 11 is 0. The van der Waals surface area contributed by atoms with Crippen LogP contribution in [0.2, 0.25) is 0 Å². The maximum atomic E-state index is 12.4. The Bertz CT molecular complexity index is 667. The second-order valence-corrected chi connectivity index (χ2v) is 7.62. The zero-order valence-electron chi connectivity index (χ0n) is 16.0. The molecule has 148 valence electrons. The fourth-order valence-corrected chi connectivity index (χ4v) is 4.01. The molecule has 1 aromatic rings. The fourth-order valence-electron chi connectivity index (χ4n) is 4.01. The molecule has 2 fully saturated rings. The molecule has 2 saturated heterocycles. The minimum absolute atomic E-state index is 0.160. The first-order valence-corrected chi connectivity index (χ1v) is 9.99. The summed E-state index contributed by atoms with van der Waals surface area (Å²) in [5, 5.41) is 6.07. The van der Waals surface area contributed by atoms with Crippen LogP contribution < -0.4 is 20.1 Å². The second kappa shape index (κ2) is 8.35. The summed E-state index contributed by atoms with van der Waals surface area (Å²) in [6, 6.07) is 3.80. The van der Waals surface area contributed by atoms with Crippen molar-refractivity contribution < 1.29 is 19.0 Å². The fraction of sp³-hybridized carbons (Fsp3) is 0.650. The van der Waals surface area contributed by atoms with Gasteiger partial charge in [0.05, 0.1) is 6.10 Å². The lowest BCUT2D eigenvalue weighted by Gasteiger charge is -2.33. The van der Waals surface area contributed by atoms with E-state index >= 15 is 0 Å². The van der Waals surface area contributed by atoms with E-state index in [9.17, 15) is 4.79 Å². The van der Waals surface area contributed by atoms with E-state index in [1.165, 1.54) is 12.8 Å². The minimum Gasteiger partial charge on any atom is -0.486 e. The number of anilines is 1. The molecule has 3 aliphatic heterocycles. The maximum Gasteiger partial charge on any atom is 0.319 e. The summed E-state index contributed by atoms with van der Waals surface area (Å²) < 4.78 is 16.9. The second-order valence-electron chi connectivity index (χ2n) is 7.62. The number of nitrogens with one attached hydrogen (secondary N) is 2. The zero-order valence-corrected chi connectivity index (χ0v) is 16.0. The lowest BCUT2D eigenvalue weighted by Crippen LogP contribution is -2.47. The van der Waals surface area contributed by atoms with Crippen molar-refractivity contribution in [1.82, 2.24) is 10.2 Å². The number of urea groups is 1. The van der Waals surface area contributed by atoms with Crippen LogP contribution in [0.1, 0.15) is 31.2 Å². The van der Waals surface area contributed by atoms with E-state index in [2.05, 4.69) is 15.5 Å². The van der Waals surface area contributed by atoms with Gasteiger partial charge in [0, 0.05) is 44.0 Å². The highest BCUT2D eigenvalue weighted by Crippen LogP contribution is 2.35. The number of likely N-dealkylation sites (tertiary alicyclic amines) is 1. The van der Waals surface area contributed by atoms with Crippen LogP contribution in [0.5, 0.6) is 11.5 Å². The standard InChI is InChI=1S/C20H29N3O4/c1-14-11-18-19(27-10-9-26-18)12-17(14)22-20(24)21-15-4-6-23(7-5-15)13-16-3-2-8-25-16/h11-12,15-16H,2-10,13H2,1H3,(H2,21,22,24)/t16-/m1/s1. The molecule has 0 aliphatic carbocycles. The van der Waals surface area contributed by atoms with E-state index in [0.717, 1.165) is 56.1 Å². The summed E-state index contributed by atoms with van der Waals surface area (Å²) in [5.41, 5.74) is 1.72. The van der Waals surface area contributed by atoms with Gasteiger partial charge < -0.3 is 29.7 Å². The highest BCUT2D eigenvalue weighted by molar-refractivity contribution is 5.90. The molecule has 2 amide bonds. The molecule has 0 radical (unpaired) electrons. The highest BCUT2D eigenvalue weighted by Gasteiger charge is 2.25. The normalized spacial score (nSPS) is 23.2. The number of fused-ring (bicyclic) bond motifs is 1. The van der Waals surface area contributed by atoms with E-state index in [1.807, 2.05) is 19.1 Å². The van der Waals surface area contributed by atoms with Gasteiger partial charge in [0.25, 0.3) is 0 Å². The molecule has 0 unspecified atom stereocenters. The number of rotatable bonds is 4. The summed E-state index contributed by atoms with van der Waals surface area (Å²) in [6.07, 6.45) is 4.70. The molecule has 0 aromatic heterocycles. The Hall–Kier alpha value is -1.99. The van der Waals surface area contributed by atoms with Gasteiger partial charge in [0.1, 0.15) is 13.2 Å². The van der Waals surface area contributed by atoms with Crippen molar-refractivity contribution in [3.63, 3.8) is 0 Å². The van der Waals surface area contributed by atoms with E-state index in [-0.39, 0.29) is 12.1 Å². The van der Waals surface area contributed by atoms with Gasteiger partial charge in [-0.1, -0.05) is 0 Å². The molecule has 3 aliphatic rings. The number of carbonyl (C=O) groups excluding carboxylic acids is 1. The number of nitrogens with zero attached hydrogens (tertiary/aromatic N) is 1. The Morgan fingerprint density at radius 1 is 1.11 bits per heavy atom. The Balaban J connectivity index is 1.25. The van der Waals surface area contributed by atoms with Crippen LogP contribution in [0.3, 0.4) is 0 Å². The third-order valence-electron chi connectivity index (χ3n) is 5.55. The number of piperidine rings is 1. The molecule has 27 heavy (non-hydrogen) atoms. The molecule has 1 aromatic carbocycles. The van der Waals surface area contributed by atoms with Gasteiger partial charge in [0.15, 0.2) is 11.5 Å². The number of hydrogen-bond donors (Lipinski definition) is 2. The first kappa shape index (κ1) is 18.4. The third-order valence-corrected chi connectivity index (χ3v) is 5.55. The Kier molecular flexibility index (Phi) is 5.69. The van der Waals surface area contributed by atoms with Crippen molar-refractivity contribution in [3.8, 4) is 11.5 Å². The van der Waals surface area contributed by atoms with Crippen molar-refractivity contribution in [1.29, 1.82) is 0 Å². The van der Waals surface area contributed by atoms with Crippen LogP contribution >= 0.6 is 0 Å². The van der Waals surface area contributed by atoms with Crippen molar-refractivity contribution in [2.75, 3.05) is 44.8 Å². The lowest BCUT2D eigenvalue weighted by atomic mass is 10.0. The van der Waals surface area contributed by atoms with Crippen LogP contribution in [0.4, 0.5) is 10.5 Å². The first-order valence-electron chi connectivity index (χ1n) is 9.99. The summed E-state index contributed by atoms with van der Waals surface area (Å²) in [6.45, 7) is 6.99. The Morgan fingerprint density at radius 2 is 1.85 bits per heavy atom. The average molecular weight is 375 g/mol. The van der Waals surface area contributed by atoms with Crippen LogP contribution in [-0.2, 0) is 4.74 Å². The molecular formula is C20H29N3O4. The van der Waals surface area contributed by atoms with Gasteiger partial charge in [-0.25, -0.2) is 4.79 Å². The molecule has 0 bridgehead atoms. The van der Waals surface area contributed by atoms with Crippen molar-refractivity contribution in [3.05, 3.63) is 17.7 Å². The summed E-state index contributed by atoms with van der Waals surface area (Å²) in [4.78, 5) is 14.9. The zero-order chi connectivity index (χ0) is 18.6. The predicted octanol–water partition coefficient (Wildman–Crippen LogP) is 2.53. The molecule has 7 heteroatoms. The van der Waals surface area contributed by atoms with Crippen molar-refractivity contribution in [2.45, 2.75) is 44.8 Å². The molecule has 3 heterocycles. The first-order chi connectivity index (χ1) is 13.2. The predicted molar refractivity (Wildman–Crippen MR) is 103 cm³/mol. The summed E-state index contributed by atoms with van der Waals surface area (Å²) in [5.74, 6) is 1.42. The average Bonchev–Trinajstić information content (AvgIpc) is 3.17. The van der Waals surface area contributed by atoms with Gasteiger partial charge >= 0.3 is 6.03 Å². The largest absolute Gasteiger partial charge is 0.486 e. The highest BCUT2D eigenvalue weighted by atomic mass is 16.6. The van der Waals surface area contributed by atoms with E-state index in [1.54, 1.807) is 0 Å². The van der Waals surface area contributed by atoms with Crippen molar-refractivity contribution in [2.24, 2.45) is 0 Å². The van der Waals surface area contributed by atoms with Gasteiger partial charge in [-0.3, -0.25) is 0 Å². The number of amides is 2. The Labute approximate surface area is 160 Å². The molecule has 7 nitrogen and oxygen atoms in total. The van der Waals surface area contributed by atoms with E-state index < -0.39 is 0 Å². The minimum atomic E-state index is -0.160. The van der Waals surface area contributed by atoms with Gasteiger partial charge in [-0.15, -0.1) is 0 Å². The Morgan fingerprint density at radius 3 is 2.56 bits per heavy atom. The number of aryl methyl sites for hydroxylation is 1. The number of ether oxygens (including phenoxy) is 3. The number of benzene rings is 1. The number of hydrogen-bond acceptors (Lipinski definition) is 5. The van der Waals surface area contributed by atoms with Gasteiger partial charge in [-0.05, 0) is 44.2 Å². The maximum absolute atomic E-state index is 12.4. The van der Waals surface area contributed by atoms with Crippen molar-refractivity contribution >= 4 is 11.7 Å². The molecule has 1 atom stereocenters. The lowest BCUT2D eigenvalue weighted by molar-refractivity contribution is 0.0633. The molecule has 4 rings (SSSR count). The summed E-state index contributed by atoms with van der Waals surface area (Å²) in [7, 11) is 0. The quantitative estimate of drug-likeness (QED) is 0.846. The smallest absolute Gasteiger partial charge is 0.319 e. The van der Waals surface area contributed by atoms with Crippen LogP contribution in [0.15, 0.2) is 12.1 Å². The van der Waals surface area contributed by atoms with Crippen LogP contribution in [0, 0.1) is 6.92 Å². The van der Waals surface area contributed by atoms with Gasteiger partial charge in [0.2, 0.25) is 0 Å². The third kappa shape index (κ3) is 4.65. The van der Waals surface area contributed by atoms with Crippen LogP contribution in [-0.4, -0.2) is 62.5 Å². The van der Waals surface area contributed by atoms with E-state index in [0.29, 0.717) is 25.1 Å². The van der Waals surface area contributed by atoms with E-state index in [4.69, 9.17) is 14.2 Å². The molecule has 0 spiro atoms. The molecule has 0 saturated carbocycles. The topological polar surface area (TPSA) is 72.1 Å². The SMILES string of the molecule is Cc1cc2c(cc1NC(=O)NC1CCN(C[C@H]3CCCO3)CC1)OCCO2. The van der Waals surface area contributed by atoms with Crippen LogP contribution in [0.25, 0.3) is 0 Å².